The van der Waals surface area contributed by atoms with E-state index in [0.717, 1.165) is 19.6 Å². The fraction of sp³-hybridized carbons (Fsp3) is 0.778. The Balaban J connectivity index is 2.90. The first kappa shape index (κ1) is 12.3. The van der Waals surface area contributed by atoms with Crippen LogP contribution in [0.25, 0.3) is 0 Å². The molecule has 0 aliphatic rings. The van der Waals surface area contributed by atoms with Crippen LogP contribution in [-0.2, 0) is 9.47 Å². The zero-order chi connectivity index (χ0) is 9.07. The predicted molar refractivity (Wildman–Crippen MR) is 51.4 cm³/mol. The fourth-order valence-electron chi connectivity index (χ4n) is 0.755. The van der Waals surface area contributed by atoms with E-state index in [1.807, 2.05) is 6.92 Å². The number of hydrogen-bond acceptors (Lipinski definition) is 2. The topological polar surface area (TPSA) is 18.5 Å². The van der Waals surface area contributed by atoms with Gasteiger partial charge in [-0.3, -0.25) is 0 Å². The van der Waals surface area contributed by atoms with Crippen molar-refractivity contribution in [1.29, 1.82) is 0 Å². The molecule has 0 spiro atoms. The first-order chi connectivity index (χ1) is 5.91. The third-order valence-electron chi connectivity index (χ3n) is 1.42. The molecule has 2 nitrogen and oxygen atoms in total. The molecule has 0 saturated carbocycles. The van der Waals surface area contributed by atoms with E-state index in [4.69, 9.17) is 9.47 Å². The van der Waals surface area contributed by atoms with Crippen molar-refractivity contribution < 1.29 is 9.47 Å². The Labute approximate surface area is 84.5 Å². The van der Waals surface area contributed by atoms with Crippen LogP contribution >= 0.6 is 0 Å². The average Bonchev–Trinajstić information content (AvgIpc) is 2.10. The van der Waals surface area contributed by atoms with Crippen LogP contribution in [0.2, 0.25) is 5.09 Å². The second kappa shape index (κ2) is 11.3. The molecular weight excluding hydrogens is 147 g/mol. The van der Waals surface area contributed by atoms with Gasteiger partial charge in [0, 0.05) is 0 Å². The Hall–Kier alpha value is 0.257. The van der Waals surface area contributed by atoms with Crippen LogP contribution in [0, 0.1) is 0 Å². The van der Waals surface area contributed by atoms with E-state index in [1.165, 1.54) is 11.5 Å². The zero-order valence-corrected chi connectivity index (χ0v) is 8.21. The van der Waals surface area contributed by atoms with E-state index < -0.39 is 0 Å². The molecule has 12 heavy (non-hydrogen) atoms. The first-order valence-electron chi connectivity index (χ1n) is 4.72. The summed E-state index contributed by atoms with van der Waals surface area (Å²) in [5.74, 6) is 0. The molecule has 0 aromatic rings. The maximum atomic E-state index is 5.18. The van der Waals surface area contributed by atoms with Gasteiger partial charge >= 0.3 is 84.2 Å². The van der Waals surface area contributed by atoms with Crippen LogP contribution in [0.1, 0.15) is 19.8 Å². The van der Waals surface area contributed by atoms with E-state index >= 15 is 0 Å². The summed E-state index contributed by atoms with van der Waals surface area (Å²) in [5.41, 5.74) is 0. The predicted octanol–water partition coefficient (Wildman–Crippen LogP) is 1.92. The normalized spacial score (nSPS) is 11.2. The van der Waals surface area contributed by atoms with E-state index in [9.17, 15) is 0 Å². The molecule has 0 aromatic heterocycles. The average molecular weight is 164 g/mol. The molecule has 0 heterocycles. The van der Waals surface area contributed by atoms with Gasteiger partial charge in [-0.05, 0) is 0 Å². The van der Waals surface area contributed by atoms with Crippen molar-refractivity contribution >= 4 is 17.7 Å². The molecule has 0 aliphatic heterocycles. The van der Waals surface area contributed by atoms with Gasteiger partial charge in [-0.2, -0.15) is 0 Å². The van der Waals surface area contributed by atoms with Crippen molar-refractivity contribution in [3.8, 4) is 0 Å². The van der Waals surface area contributed by atoms with Crippen LogP contribution in [-0.4, -0.2) is 37.7 Å². The molecule has 0 N–H and O–H groups in total. The zero-order valence-electron chi connectivity index (χ0n) is 8.21. The van der Waals surface area contributed by atoms with Crippen LogP contribution in [0.5, 0.6) is 0 Å². The molecular formula is C9H17LiO2. The van der Waals surface area contributed by atoms with Crippen molar-refractivity contribution in [2.45, 2.75) is 24.9 Å². The monoisotopic (exact) mass is 164 g/mol. The minimum atomic E-state index is 0.429. The molecule has 66 valence electrons. The van der Waals surface area contributed by atoms with Gasteiger partial charge in [0.1, 0.15) is 0 Å². The summed E-state index contributed by atoms with van der Waals surface area (Å²) in [6.07, 6.45) is 6.53. The Morgan fingerprint density at radius 3 is 2.58 bits per heavy atom. The SMILES string of the molecule is [Li][CH2]C/C=C/CCOCOCC. The number of rotatable bonds is 8. The van der Waals surface area contributed by atoms with Gasteiger partial charge in [-0.1, -0.05) is 0 Å². The van der Waals surface area contributed by atoms with Crippen molar-refractivity contribution in [3.63, 3.8) is 0 Å². The van der Waals surface area contributed by atoms with Crippen LogP contribution in [0.15, 0.2) is 12.2 Å². The minimum absolute atomic E-state index is 0.429. The van der Waals surface area contributed by atoms with Crippen molar-refractivity contribution in [2.75, 3.05) is 20.0 Å². The van der Waals surface area contributed by atoms with Gasteiger partial charge in [0.15, 0.2) is 0 Å². The summed E-state index contributed by atoms with van der Waals surface area (Å²) in [5, 5.41) is 1.22. The van der Waals surface area contributed by atoms with E-state index in [0.29, 0.717) is 6.79 Å². The van der Waals surface area contributed by atoms with E-state index in [-0.39, 0.29) is 0 Å². The molecule has 0 atom stereocenters. The van der Waals surface area contributed by atoms with Crippen molar-refractivity contribution in [1.82, 2.24) is 0 Å². The fourth-order valence-corrected chi connectivity index (χ4v) is 0.755. The van der Waals surface area contributed by atoms with Gasteiger partial charge in [0.05, 0.1) is 0 Å². The van der Waals surface area contributed by atoms with Gasteiger partial charge in [-0.25, -0.2) is 0 Å². The quantitative estimate of drug-likeness (QED) is 0.236. The standard InChI is InChI=1S/C9H17O2.Li/c1-3-5-6-7-8-11-9-10-4-2;/h5-6H,1,3-4,7-9H2,2H3;/b6-5+;. The van der Waals surface area contributed by atoms with Crippen LogP contribution < -0.4 is 0 Å². The molecule has 0 rings (SSSR count). The van der Waals surface area contributed by atoms with Crippen molar-refractivity contribution in [2.24, 2.45) is 0 Å². The Morgan fingerprint density at radius 1 is 1.17 bits per heavy atom. The van der Waals surface area contributed by atoms with Crippen LogP contribution in [0.3, 0.4) is 0 Å². The van der Waals surface area contributed by atoms with Gasteiger partial charge < -0.3 is 0 Å². The maximum absolute atomic E-state index is 5.18. The van der Waals surface area contributed by atoms with E-state index in [1.54, 1.807) is 0 Å². The molecule has 0 aromatic carbocycles. The molecule has 0 saturated heterocycles. The third-order valence-corrected chi connectivity index (χ3v) is 1.42. The van der Waals surface area contributed by atoms with Gasteiger partial charge in [0.25, 0.3) is 0 Å². The summed E-state index contributed by atoms with van der Waals surface area (Å²) < 4.78 is 10.2. The molecule has 0 unspecified atom stereocenters. The van der Waals surface area contributed by atoms with Gasteiger partial charge in [-0.15, -0.1) is 0 Å². The number of hydrogen-bond donors (Lipinski definition) is 0. The molecule has 0 bridgehead atoms. The van der Waals surface area contributed by atoms with Crippen molar-refractivity contribution in [3.05, 3.63) is 12.2 Å². The second-order valence-corrected chi connectivity index (χ2v) is 2.57. The summed E-state index contributed by atoms with van der Waals surface area (Å²) in [6.45, 7) is 3.88. The first-order valence-corrected chi connectivity index (χ1v) is 4.72. The third kappa shape index (κ3) is 10.3. The molecule has 0 radical (unpaired) electrons. The molecule has 0 aliphatic carbocycles. The summed E-state index contributed by atoms with van der Waals surface area (Å²) >= 11 is 2.18. The number of allylic oxidation sites excluding steroid dienone is 1. The number of ether oxygens (including phenoxy) is 2. The van der Waals surface area contributed by atoms with Crippen LogP contribution in [0.4, 0.5) is 0 Å². The van der Waals surface area contributed by atoms with Gasteiger partial charge in [0.2, 0.25) is 0 Å². The molecule has 3 heteroatoms. The second-order valence-electron chi connectivity index (χ2n) is 2.57. The summed E-state index contributed by atoms with van der Waals surface area (Å²) in [6, 6.07) is 0. The molecule has 0 amide bonds. The summed E-state index contributed by atoms with van der Waals surface area (Å²) in [7, 11) is 0. The Bertz CT molecular complexity index is 105. The summed E-state index contributed by atoms with van der Waals surface area (Å²) in [4.78, 5) is 0. The Morgan fingerprint density at radius 2 is 1.92 bits per heavy atom. The Kier molecular flexibility index (Phi) is 11.5. The van der Waals surface area contributed by atoms with E-state index in [2.05, 4.69) is 29.9 Å². The molecule has 0 fully saturated rings.